The molecule has 0 heterocycles. The van der Waals surface area contributed by atoms with Crippen LogP contribution in [0.2, 0.25) is 0 Å². The summed E-state index contributed by atoms with van der Waals surface area (Å²) in [6.07, 6.45) is 3.99. The van der Waals surface area contributed by atoms with Gasteiger partial charge in [-0.15, -0.1) is 0 Å². The zero-order valence-electron chi connectivity index (χ0n) is 7.96. The summed E-state index contributed by atoms with van der Waals surface area (Å²) in [6, 6.07) is 8.94. The lowest BCUT2D eigenvalue weighted by Crippen LogP contribution is -1.94. The van der Waals surface area contributed by atoms with Gasteiger partial charge in [0.1, 0.15) is 0 Å². The summed E-state index contributed by atoms with van der Waals surface area (Å²) in [7, 11) is 0. The topological polar surface area (TPSA) is 0 Å². The third-order valence-corrected chi connectivity index (χ3v) is 3.71. The lowest BCUT2D eigenvalue weighted by molar-refractivity contribution is 0.725. The molecule has 1 aromatic carbocycles. The normalized spacial score (nSPS) is 27.8. The molecule has 2 rings (SSSR count). The molecule has 0 radical (unpaired) electrons. The van der Waals surface area contributed by atoms with Crippen molar-refractivity contribution in [1.82, 2.24) is 0 Å². The van der Waals surface area contributed by atoms with E-state index in [9.17, 15) is 0 Å². The van der Waals surface area contributed by atoms with Crippen molar-refractivity contribution in [2.24, 2.45) is 0 Å². The van der Waals surface area contributed by atoms with Crippen LogP contribution in [0.4, 0.5) is 0 Å². The second kappa shape index (κ2) is 3.83. The summed E-state index contributed by atoms with van der Waals surface area (Å²) in [4.78, 5) is 0.748. The molecule has 0 nitrogen and oxygen atoms in total. The van der Waals surface area contributed by atoms with Crippen molar-refractivity contribution in [3.8, 4) is 0 Å². The molecule has 0 spiro atoms. The highest BCUT2D eigenvalue weighted by atomic mass is 79.9. The Morgan fingerprint density at radius 2 is 2.15 bits per heavy atom. The molecule has 0 N–H and O–H groups in total. The molecule has 0 aromatic heterocycles. The maximum Gasteiger partial charge on any atom is 0.0151 e. The Hall–Kier alpha value is -0.300. The minimum atomic E-state index is 0.748. The van der Waals surface area contributed by atoms with Gasteiger partial charge in [0.05, 0.1) is 0 Å². The standard InChI is InChI=1S/C12H15Br/c1-9-3-2-4-10(7-9)11-5-6-12(13)8-11/h2-4,7,11-12H,5-6,8H2,1H3. The van der Waals surface area contributed by atoms with Gasteiger partial charge in [0.2, 0.25) is 0 Å². The molecule has 2 atom stereocenters. The molecule has 1 aromatic rings. The fraction of sp³-hybridized carbons (Fsp3) is 0.500. The van der Waals surface area contributed by atoms with Crippen molar-refractivity contribution in [2.75, 3.05) is 0 Å². The first kappa shape index (κ1) is 9.26. The minimum Gasteiger partial charge on any atom is -0.0890 e. The van der Waals surface area contributed by atoms with Crippen molar-refractivity contribution >= 4 is 15.9 Å². The van der Waals surface area contributed by atoms with Crippen LogP contribution in [0.1, 0.15) is 36.3 Å². The molecule has 0 bridgehead atoms. The predicted octanol–water partition coefficient (Wildman–Crippen LogP) is 4.03. The first-order valence-electron chi connectivity index (χ1n) is 4.96. The SMILES string of the molecule is Cc1cccc(C2CCC(Br)C2)c1. The number of halogens is 1. The molecule has 1 saturated carbocycles. The van der Waals surface area contributed by atoms with Crippen LogP contribution in [0.5, 0.6) is 0 Å². The number of alkyl halides is 1. The lowest BCUT2D eigenvalue weighted by Gasteiger charge is -2.09. The van der Waals surface area contributed by atoms with E-state index in [1.54, 1.807) is 0 Å². The maximum absolute atomic E-state index is 3.69. The number of aryl methyl sites for hydroxylation is 1. The third kappa shape index (κ3) is 2.14. The molecular weight excluding hydrogens is 224 g/mol. The lowest BCUT2D eigenvalue weighted by atomic mass is 9.96. The highest BCUT2D eigenvalue weighted by Crippen LogP contribution is 2.37. The summed E-state index contributed by atoms with van der Waals surface area (Å²) in [5, 5.41) is 0. The Balaban J connectivity index is 2.16. The Labute approximate surface area is 88.5 Å². The summed E-state index contributed by atoms with van der Waals surface area (Å²) in [5.41, 5.74) is 2.91. The average Bonchev–Trinajstić information content (AvgIpc) is 2.52. The Kier molecular flexibility index (Phi) is 2.73. The van der Waals surface area contributed by atoms with Crippen LogP contribution in [0.3, 0.4) is 0 Å². The smallest absolute Gasteiger partial charge is 0.0151 e. The van der Waals surface area contributed by atoms with Gasteiger partial charge < -0.3 is 0 Å². The van der Waals surface area contributed by atoms with E-state index in [0.717, 1.165) is 10.7 Å². The van der Waals surface area contributed by atoms with Crippen molar-refractivity contribution < 1.29 is 0 Å². The van der Waals surface area contributed by atoms with E-state index in [4.69, 9.17) is 0 Å². The van der Waals surface area contributed by atoms with Crippen LogP contribution >= 0.6 is 15.9 Å². The fourth-order valence-electron chi connectivity index (χ4n) is 2.15. The van der Waals surface area contributed by atoms with Gasteiger partial charge in [0.25, 0.3) is 0 Å². The molecule has 0 aliphatic heterocycles. The Morgan fingerprint density at radius 3 is 2.77 bits per heavy atom. The quantitative estimate of drug-likeness (QED) is 0.649. The van der Waals surface area contributed by atoms with E-state index in [2.05, 4.69) is 47.1 Å². The van der Waals surface area contributed by atoms with Crippen molar-refractivity contribution in [3.05, 3.63) is 35.4 Å². The van der Waals surface area contributed by atoms with Crippen molar-refractivity contribution in [1.29, 1.82) is 0 Å². The van der Waals surface area contributed by atoms with Gasteiger partial charge in [-0.2, -0.15) is 0 Å². The van der Waals surface area contributed by atoms with E-state index >= 15 is 0 Å². The number of hydrogen-bond donors (Lipinski definition) is 0. The zero-order chi connectivity index (χ0) is 9.26. The number of benzene rings is 1. The van der Waals surface area contributed by atoms with E-state index in [1.165, 1.54) is 30.4 Å². The van der Waals surface area contributed by atoms with Gasteiger partial charge in [0.15, 0.2) is 0 Å². The molecule has 0 amide bonds. The van der Waals surface area contributed by atoms with Gasteiger partial charge >= 0.3 is 0 Å². The van der Waals surface area contributed by atoms with E-state index in [-0.39, 0.29) is 0 Å². The zero-order valence-corrected chi connectivity index (χ0v) is 9.55. The summed E-state index contributed by atoms with van der Waals surface area (Å²) < 4.78 is 0. The first-order chi connectivity index (χ1) is 6.25. The summed E-state index contributed by atoms with van der Waals surface area (Å²) in [6.45, 7) is 2.17. The first-order valence-corrected chi connectivity index (χ1v) is 5.88. The van der Waals surface area contributed by atoms with Crippen LogP contribution in [0, 0.1) is 6.92 Å². The number of rotatable bonds is 1. The molecule has 2 unspecified atom stereocenters. The van der Waals surface area contributed by atoms with Crippen LogP contribution in [-0.4, -0.2) is 4.83 Å². The van der Waals surface area contributed by atoms with E-state index in [1.807, 2.05) is 0 Å². The minimum absolute atomic E-state index is 0.748. The van der Waals surface area contributed by atoms with Crippen LogP contribution in [0.15, 0.2) is 24.3 Å². The molecule has 1 heteroatoms. The second-order valence-corrected chi connectivity index (χ2v) is 5.32. The highest BCUT2D eigenvalue weighted by Gasteiger charge is 2.23. The van der Waals surface area contributed by atoms with E-state index < -0.39 is 0 Å². The molecule has 70 valence electrons. The second-order valence-electron chi connectivity index (χ2n) is 4.02. The molecule has 1 fully saturated rings. The third-order valence-electron chi connectivity index (χ3n) is 2.88. The monoisotopic (exact) mass is 238 g/mol. The predicted molar refractivity (Wildman–Crippen MR) is 60.5 cm³/mol. The van der Waals surface area contributed by atoms with E-state index in [0.29, 0.717) is 0 Å². The maximum atomic E-state index is 3.69. The largest absolute Gasteiger partial charge is 0.0890 e. The van der Waals surface area contributed by atoms with Gasteiger partial charge in [-0.1, -0.05) is 45.8 Å². The molecule has 13 heavy (non-hydrogen) atoms. The molecule has 0 saturated heterocycles. The van der Waals surface area contributed by atoms with Crippen LogP contribution < -0.4 is 0 Å². The average molecular weight is 239 g/mol. The van der Waals surface area contributed by atoms with Crippen LogP contribution in [-0.2, 0) is 0 Å². The number of hydrogen-bond acceptors (Lipinski definition) is 0. The van der Waals surface area contributed by atoms with Crippen molar-refractivity contribution in [2.45, 2.75) is 36.9 Å². The van der Waals surface area contributed by atoms with Gasteiger partial charge in [-0.05, 0) is 37.7 Å². The molecular formula is C12H15Br. The summed E-state index contributed by atoms with van der Waals surface area (Å²) in [5.74, 6) is 0.796. The van der Waals surface area contributed by atoms with Gasteiger partial charge in [0, 0.05) is 4.83 Å². The van der Waals surface area contributed by atoms with Gasteiger partial charge in [-0.3, -0.25) is 0 Å². The van der Waals surface area contributed by atoms with Gasteiger partial charge in [-0.25, -0.2) is 0 Å². The highest BCUT2D eigenvalue weighted by molar-refractivity contribution is 9.09. The van der Waals surface area contributed by atoms with Crippen LogP contribution in [0.25, 0.3) is 0 Å². The summed E-state index contributed by atoms with van der Waals surface area (Å²) >= 11 is 3.69. The Bertz CT molecular complexity index is 293. The Morgan fingerprint density at radius 1 is 1.31 bits per heavy atom. The molecule has 1 aliphatic rings. The molecule has 1 aliphatic carbocycles. The van der Waals surface area contributed by atoms with Crippen molar-refractivity contribution in [3.63, 3.8) is 0 Å². The fourth-order valence-corrected chi connectivity index (χ4v) is 2.87.